The molecule has 0 saturated carbocycles. The number of likely N-dealkylation sites (tertiary alicyclic amines) is 2. The van der Waals surface area contributed by atoms with Gasteiger partial charge in [-0.25, -0.2) is 4.79 Å². The van der Waals surface area contributed by atoms with Gasteiger partial charge in [0.15, 0.2) is 0 Å². The first-order valence-corrected chi connectivity index (χ1v) is 8.59. The van der Waals surface area contributed by atoms with Crippen LogP contribution in [0, 0.1) is 5.92 Å². The fourth-order valence-electron chi connectivity index (χ4n) is 3.44. The Kier molecular flexibility index (Phi) is 5.24. The molecule has 0 aliphatic carbocycles. The summed E-state index contributed by atoms with van der Waals surface area (Å²) < 4.78 is 5.75. The normalized spacial score (nSPS) is 25.1. The van der Waals surface area contributed by atoms with E-state index in [2.05, 4.69) is 11.9 Å². The summed E-state index contributed by atoms with van der Waals surface area (Å²) in [7, 11) is 2.05. The number of carboxylic acid groups (broad SMARTS) is 1. The molecule has 136 valence electrons. The van der Waals surface area contributed by atoms with Crippen molar-refractivity contribution in [2.45, 2.75) is 25.0 Å². The first kappa shape index (κ1) is 17.7. The number of carbonyl (C=O) groups is 2. The quantitative estimate of drug-likeness (QED) is 0.832. The molecule has 0 aromatic heterocycles. The van der Waals surface area contributed by atoms with Crippen molar-refractivity contribution in [1.29, 1.82) is 0 Å². The van der Waals surface area contributed by atoms with E-state index in [1.165, 1.54) is 12.1 Å². The summed E-state index contributed by atoms with van der Waals surface area (Å²) in [6, 6.07) is 6.16. The largest absolute Gasteiger partial charge is 0.486 e. The van der Waals surface area contributed by atoms with Crippen LogP contribution in [0.25, 0.3) is 0 Å². The lowest BCUT2D eigenvalue weighted by Crippen LogP contribution is -2.41. The molecule has 2 N–H and O–H groups in total. The zero-order valence-corrected chi connectivity index (χ0v) is 14.3. The van der Waals surface area contributed by atoms with Gasteiger partial charge in [0.2, 0.25) is 5.91 Å². The van der Waals surface area contributed by atoms with Crippen LogP contribution in [0.1, 0.15) is 23.2 Å². The number of β-amino-alcohol motifs (C(OH)–C–C–N with tert-alkyl or cyclic N) is 1. The molecule has 2 fully saturated rings. The number of rotatable bonds is 4. The molecule has 2 aliphatic rings. The van der Waals surface area contributed by atoms with E-state index in [9.17, 15) is 14.7 Å². The highest BCUT2D eigenvalue weighted by molar-refractivity contribution is 5.88. The number of amides is 1. The molecule has 0 unspecified atom stereocenters. The Morgan fingerprint density at radius 1 is 1.20 bits per heavy atom. The van der Waals surface area contributed by atoms with Crippen molar-refractivity contribution in [1.82, 2.24) is 9.80 Å². The van der Waals surface area contributed by atoms with Gasteiger partial charge in [-0.05, 0) is 51.2 Å². The van der Waals surface area contributed by atoms with Crippen molar-refractivity contribution >= 4 is 11.9 Å². The molecule has 25 heavy (non-hydrogen) atoms. The summed E-state index contributed by atoms with van der Waals surface area (Å²) in [5.74, 6) is -0.552. The van der Waals surface area contributed by atoms with Crippen molar-refractivity contribution in [3.05, 3.63) is 29.8 Å². The van der Waals surface area contributed by atoms with Crippen molar-refractivity contribution in [2.75, 3.05) is 33.2 Å². The Balaban J connectivity index is 1.60. The molecule has 1 aromatic carbocycles. The third-order valence-corrected chi connectivity index (χ3v) is 4.98. The average molecular weight is 348 g/mol. The maximum Gasteiger partial charge on any atom is 0.335 e. The lowest BCUT2D eigenvalue weighted by molar-refractivity contribution is -0.136. The summed E-state index contributed by atoms with van der Waals surface area (Å²) in [6.07, 6.45) is 0.366. The molecule has 7 heteroatoms. The molecule has 1 aromatic rings. The highest BCUT2D eigenvalue weighted by atomic mass is 16.5. The number of hydrogen-bond donors (Lipinski definition) is 2. The van der Waals surface area contributed by atoms with Gasteiger partial charge in [-0.3, -0.25) is 4.79 Å². The Labute approximate surface area is 146 Å². The van der Waals surface area contributed by atoms with Crippen molar-refractivity contribution in [2.24, 2.45) is 5.92 Å². The van der Waals surface area contributed by atoms with Crippen LogP contribution in [0.3, 0.4) is 0 Å². The molecular formula is C18H24N2O5. The number of carboxylic acids is 1. The molecule has 2 heterocycles. The Morgan fingerprint density at radius 2 is 1.92 bits per heavy atom. The standard InChI is InChI=1S/C18H24N2O5/c1-19-7-5-12(6-8-19)17(22)20-10-15(21)16(11-20)25-14-4-2-3-13(9-14)18(23)24/h2-4,9,12,15-16,21H,5-8,10-11H2,1H3,(H,23,24)/t15-,16-/m1/s1. The van der Waals surface area contributed by atoms with E-state index in [-0.39, 0.29) is 23.9 Å². The van der Waals surface area contributed by atoms with Gasteiger partial charge in [0.05, 0.1) is 18.7 Å². The van der Waals surface area contributed by atoms with Crippen LogP contribution >= 0.6 is 0 Å². The second kappa shape index (κ2) is 7.41. The number of nitrogens with zero attached hydrogens (tertiary/aromatic N) is 2. The van der Waals surface area contributed by atoms with E-state index >= 15 is 0 Å². The lowest BCUT2D eigenvalue weighted by Gasteiger charge is -2.30. The third-order valence-electron chi connectivity index (χ3n) is 4.98. The van der Waals surface area contributed by atoms with Gasteiger partial charge in [0.1, 0.15) is 18.0 Å². The van der Waals surface area contributed by atoms with Gasteiger partial charge in [0, 0.05) is 5.92 Å². The summed E-state index contributed by atoms with van der Waals surface area (Å²) in [6.45, 7) is 2.40. The van der Waals surface area contributed by atoms with Crippen molar-refractivity contribution in [3.63, 3.8) is 0 Å². The lowest BCUT2D eigenvalue weighted by atomic mass is 9.96. The van der Waals surface area contributed by atoms with Gasteiger partial charge in [-0.2, -0.15) is 0 Å². The molecule has 2 aliphatic heterocycles. The highest BCUT2D eigenvalue weighted by Crippen LogP contribution is 2.24. The molecule has 2 saturated heterocycles. The summed E-state index contributed by atoms with van der Waals surface area (Å²) in [5.41, 5.74) is 0.129. The van der Waals surface area contributed by atoms with E-state index in [1.807, 2.05) is 0 Å². The van der Waals surface area contributed by atoms with Gasteiger partial charge < -0.3 is 24.7 Å². The summed E-state index contributed by atoms with van der Waals surface area (Å²) >= 11 is 0. The summed E-state index contributed by atoms with van der Waals surface area (Å²) in [4.78, 5) is 27.6. The molecule has 3 rings (SSSR count). The first-order valence-electron chi connectivity index (χ1n) is 8.59. The van der Waals surface area contributed by atoms with Crippen LogP contribution in [0.5, 0.6) is 5.75 Å². The maximum atomic E-state index is 12.7. The van der Waals surface area contributed by atoms with Crippen LogP contribution < -0.4 is 4.74 Å². The number of carbonyl (C=O) groups excluding carboxylic acids is 1. The average Bonchev–Trinajstić information content (AvgIpc) is 2.96. The molecule has 0 spiro atoms. The number of aromatic carboxylic acids is 1. The van der Waals surface area contributed by atoms with Gasteiger partial charge in [-0.15, -0.1) is 0 Å². The van der Waals surface area contributed by atoms with Crippen LogP contribution in [0.15, 0.2) is 24.3 Å². The van der Waals surface area contributed by atoms with E-state index in [4.69, 9.17) is 9.84 Å². The first-order chi connectivity index (χ1) is 11.9. The summed E-state index contributed by atoms with van der Waals surface area (Å²) in [5, 5.41) is 19.3. The molecule has 0 radical (unpaired) electrons. The van der Waals surface area contributed by atoms with Gasteiger partial charge >= 0.3 is 5.97 Å². The fourth-order valence-corrected chi connectivity index (χ4v) is 3.44. The Morgan fingerprint density at radius 3 is 2.60 bits per heavy atom. The van der Waals surface area contributed by atoms with Crippen LogP contribution in [-0.2, 0) is 4.79 Å². The van der Waals surface area contributed by atoms with Crippen molar-refractivity contribution in [3.8, 4) is 5.75 Å². The topological polar surface area (TPSA) is 90.3 Å². The van der Waals surface area contributed by atoms with Gasteiger partial charge in [0.25, 0.3) is 0 Å². The van der Waals surface area contributed by atoms with Gasteiger partial charge in [-0.1, -0.05) is 6.07 Å². The number of aliphatic hydroxyl groups excluding tert-OH is 1. The third kappa shape index (κ3) is 4.11. The predicted octanol–water partition coefficient (Wildman–Crippen LogP) is 0.677. The predicted molar refractivity (Wildman–Crippen MR) is 90.6 cm³/mol. The number of benzene rings is 1. The minimum atomic E-state index is -1.03. The second-order valence-corrected chi connectivity index (χ2v) is 6.88. The SMILES string of the molecule is CN1CCC(C(=O)N2C[C@@H](O)[C@H](Oc3cccc(C(=O)O)c3)C2)CC1. The van der Waals surface area contributed by atoms with E-state index < -0.39 is 18.2 Å². The number of hydrogen-bond acceptors (Lipinski definition) is 5. The maximum absolute atomic E-state index is 12.7. The Bertz CT molecular complexity index is 642. The minimum absolute atomic E-state index is 0.0116. The molecule has 0 bridgehead atoms. The van der Waals surface area contributed by atoms with E-state index in [0.717, 1.165) is 25.9 Å². The monoisotopic (exact) mass is 348 g/mol. The number of piperidine rings is 1. The van der Waals surface area contributed by atoms with Crippen LogP contribution in [0.2, 0.25) is 0 Å². The molecule has 7 nitrogen and oxygen atoms in total. The van der Waals surface area contributed by atoms with E-state index in [1.54, 1.807) is 17.0 Å². The minimum Gasteiger partial charge on any atom is -0.486 e. The number of aliphatic hydroxyl groups is 1. The zero-order valence-electron chi connectivity index (χ0n) is 14.3. The van der Waals surface area contributed by atoms with E-state index in [0.29, 0.717) is 12.3 Å². The van der Waals surface area contributed by atoms with Crippen LogP contribution in [0.4, 0.5) is 0 Å². The zero-order chi connectivity index (χ0) is 18.0. The second-order valence-electron chi connectivity index (χ2n) is 6.88. The molecular weight excluding hydrogens is 324 g/mol. The smallest absolute Gasteiger partial charge is 0.335 e. The molecule has 1 amide bonds. The Hall–Kier alpha value is -2.12. The van der Waals surface area contributed by atoms with Crippen LogP contribution in [-0.4, -0.2) is 77.3 Å². The number of ether oxygens (including phenoxy) is 1. The van der Waals surface area contributed by atoms with Crippen molar-refractivity contribution < 1.29 is 24.5 Å². The molecule has 2 atom stereocenters. The fraction of sp³-hybridized carbons (Fsp3) is 0.556. The highest BCUT2D eigenvalue weighted by Gasteiger charge is 2.38.